The number of hydrogen-bond acceptors (Lipinski definition) is 5. The molecule has 0 saturated carbocycles. The average Bonchev–Trinajstić information content (AvgIpc) is 2.77. The zero-order valence-electron chi connectivity index (χ0n) is 18.7. The number of fused-ring (bicyclic) bond motifs is 1. The Kier molecular flexibility index (Phi) is 7.55. The molecule has 33 heavy (non-hydrogen) atoms. The van der Waals surface area contributed by atoms with E-state index in [0.29, 0.717) is 38.4 Å². The second-order valence-electron chi connectivity index (χ2n) is 9.15. The van der Waals surface area contributed by atoms with Crippen LogP contribution in [-0.4, -0.2) is 85.1 Å². The number of ether oxygens (including phenoxy) is 1. The van der Waals surface area contributed by atoms with E-state index in [1.165, 1.54) is 17.0 Å². The maximum Gasteiger partial charge on any atom is 0.244 e. The summed E-state index contributed by atoms with van der Waals surface area (Å²) in [6, 6.07) is 2.43. The lowest BCUT2D eigenvalue weighted by Crippen LogP contribution is -2.61. The van der Waals surface area contributed by atoms with Crippen LogP contribution in [0.15, 0.2) is 18.2 Å². The van der Waals surface area contributed by atoms with Crippen molar-refractivity contribution in [1.82, 2.24) is 20.4 Å². The fraction of sp³-hybridized carbons (Fsp3) is 0.652. The van der Waals surface area contributed by atoms with Crippen LogP contribution >= 0.6 is 0 Å². The van der Waals surface area contributed by atoms with E-state index in [2.05, 4.69) is 15.5 Å². The second kappa shape index (κ2) is 10.4. The number of nitrogens with one attached hydrogen (secondary N) is 2. The molecular weight excluding hydrogens is 437 g/mol. The Balaban J connectivity index is 1.51. The second-order valence-corrected chi connectivity index (χ2v) is 9.15. The Bertz CT molecular complexity index is 857. The van der Waals surface area contributed by atoms with Gasteiger partial charge in [-0.3, -0.25) is 19.8 Å². The molecule has 1 aromatic carbocycles. The fourth-order valence-corrected chi connectivity index (χ4v) is 4.82. The van der Waals surface area contributed by atoms with Crippen molar-refractivity contribution in [3.63, 3.8) is 0 Å². The Morgan fingerprint density at radius 2 is 2.00 bits per heavy atom. The first kappa shape index (κ1) is 24.0. The molecule has 0 bridgehead atoms. The van der Waals surface area contributed by atoms with Gasteiger partial charge in [0.05, 0.1) is 19.6 Å². The fourth-order valence-electron chi connectivity index (χ4n) is 4.82. The van der Waals surface area contributed by atoms with E-state index in [4.69, 9.17) is 4.74 Å². The highest BCUT2D eigenvalue weighted by atomic mass is 19.1. The van der Waals surface area contributed by atoms with E-state index in [1.807, 2.05) is 0 Å². The van der Waals surface area contributed by atoms with Crippen molar-refractivity contribution in [1.29, 1.82) is 0 Å². The number of hydrogen-bond donors (Lipinski definition) is 2. The number of piperidine rings is 1. The number of alkyl halides is 2. The quantitative estimate of drug-likeness (QED) is 0.616. The van der Waals surface area contributed by atoms with Crippen molar-refractivity contribution in [3.05, 3.63) is 35.1 Å². The number of morpholine rings is 1. The van der Waals surface area contributed by atoms with E-state index in [0.717, 1.165) is 5.56 Å². The molecule has 1 aromatic rings. The summed E-state index contributed by atoms with van der Waals surface area (Å²) in [5.41, 5.74) is 1.43. The lowest BCUT2D eigenvalue weighted by molar-refractivity contribution is -0.143. The van der Waals surface area contributed by atoms with Crippen LogP contribution in [0.4, 0.5) is 13.2 Å². The molecule has 0 spiro atoms. The highest BCUT2D eigenvalue weighted by Crippen LogP contribution is 2.24. The van der Waals surface area contributed by atoms with Crippen LogP contribution in [0, 0.1) is 5.82 Å². The molecule has 2 amide bonds. The summed E-state index contributed by atoms with van der Waals surface area (Å²) in [6.45, 7) is 4.46. The molecule has 3 aliphatic rings. The summed E-state index contributed by atoms with van der Waals surface area (Å²) >= 11 is 0. The average molecular weight is 469 g/mol. The third kappa shape index (κ3) is 5.85. The Morgan fingerprint density at radius 3 is 2.73 bits per heavy atom. The Morgan fingerprint density at radius 1 is 1.24 bits per heavy atom. The number of nitrogens with zero attached hydrogens (tertiary/aromatic N) is 2. The minimum absolute atomic E-state index is 0.0926. The monoisotopic (exact) mass is 468 g/mol. The minimum atomic E-state index is -1.46. The zero-order valence-corrected chi connectivity index (χ0v) is 18.7. The number of rotatable bonds is 6. The van der Waals surface area contributed by atoms with Crippen LogP contribution in [0.25, 0.3) is 0 Å². The number of benzene rings is 1. The molecule has 2 fully saturated rings. The van der Waals surface area contributed by atoms with Crippen LogP contribution in [-0.2, 0) is 27.3 Å². The van der Waals surface area contributed by atoms with Gasteiger partial charge >= 0.3 is 0 Å². The van der Waals surface area contributed by atoms with E-state index in [1.54, 1.807) is 13.0 Å². The summed E-state index contributed by atoms with van der Waals surface area (Å²) in [7, 11) is 0. The minimum Gasteiger partial charge on any atom is -0.379 e. The summed E-state index contributed by atoms with van der Waals surface area (Å²) in [4.78, 5) is 30.0. The van der Waals surface area contributed by atoms with Crippen molar-refractivity contribution < 1.29 is 27.5 Å². The zero-order chi connectivity index (χ0) is 23.5. The highest BCUT2D eigenvalue weighted by Gasteiger charge is 2.37. The molecule has 182 valence electrons. The van der Waals surface area contributed by atoms with E-state index in [9.17, 15) is 22.8 Å². The van der Waals surface area contributed by atoms with Crippen molar-refractivity contribution in [2.75, 3.05) is 32.8 Å². The molecule has 3 heterocycles. The summed E-state index contributed by atoms with van der Waals surface area (Å²) < 4.78 is 46.9. The van der Waals surface area contributed by atoms with Gasteiger partial charge in [0.1, 0.15) is 18.0 Å². The van der Waals surface area contributed by atoms with Gasteiger partial charge in [-0.25, -0.2) is 13.2 Å². The molecule has 10 heteroatoms. The van der Waals surface area contributed by atoms with Gasteiger partial charge in [-0.1, -0.05) is 6.07 Å². The molecule has 3 aliphatic heterocycles. The van der Waals surface area contributed by atoms with E-state index in [-0.39, 0.29) is 37.6 Å². The van der Waals surface area contributed by atoms with Crippen molar-refractivity contribution in [3.8, 4) is 0 Å². The SMILES string of the molecule is C[C@H](NC(=O)[C@@H](CN1CCOCC1)N1Cc2cc(F)ccc2CC1=O)C1CC(F)CC(F)N1. The standard InChI is InChI=1S/C23H31F3N4O3/c1-14(19-10-18(25)11-21(26)28-19)27-23(32)20(13-29-4-6-33-7-5-29)30-12-16-8-17(24)3-2-15(16)9-22(30)31/h2-3,8,14,18-21,28H,4-7,9-13H2,1H3,(H,27,32)/t14-,18?,19?,20+,21?/m0/s1. The first-order valence-corrected chi connectivity index (χ1v) is 11.5. The predicted octanol–water partition coefficient (Wildman–Crippen LogP) is 1.30. The number of halogens is 3. The van der Waals surface area contributed by atoms with Gasteiger partial charge in [-0.15, -0.1) is 0 Å². The van der Waals surface area contributed by atoms with Gasteiger partial charge in [0.15, 0.2) is 6.30 Å². The lowest BCUT2D eigenvalue weighted by Gasteiger charge is -2.39. The molecule has 3 unspecified atom stereocenters. The topological polar surface area (TPSA) is 73.9 Å². The molecule has 5 atom stereocenters. The van der Waals surface area contributed by atoms with Crippen LogP contribution in [0.3, 0.4) is 0 Å². The van der Waals surface area contributed by atoms with Gasteiger partial charge in [0, 0.05) is 44.7 Å². The van der Waals surface area contributed by atoms with Crippen LogP contribution in [0.5, 0.6) is 0 Å². The number of amides is 2. The lowest BCUT2D eigenvalue weighted by atomic mass is 9.95. The van der Waals surface area contributed by atoms with Crippen molar-refractivity contribution in [2.24, 2.45) is 0 Å². The molecule has 2 N–H and O–H groups in total. The highest BCUT2D eigenvalue weighted by molar-refractivity contribution is 5.89. The van der Waals surface area contributed by atoms with Crippen LogP contribution in [0.1, 0.15) is 30.9 Å². The number of carbonyl (C=O) groups is 2. The normalized spacial score (nSPS) is 28.2. The largest absolute Gasteiger partial charge is 0.379 e. The molecule has 0 aromatic heterocycles. The summed E-state index contributed by atoms with van der Waals surface area (Å²) in [6.07, 6.45) is -2.74. The summed E-state index contributed by atoms with van der Waals surface area (Å²) in [5, 5.41) is 5.58. The molecule has 4 rings (SSSR count). The smallest absolute Gasteiger partial charge is 0.244 e. The van der Waals surface area contributed by atoms with E-state index < -0.39 is 36.4 Å². The van der Waals surface area contributed by atoms with Gasteiger partial charge in [-0.05, 0) is 36.6 Å². The molecule has 2 saturated heterocycles. The van der Waals surface area contributed by atoms with Crippen LogP contribution < -0.4 is 10.6 Å². The summed E-state index contributed by atoms with van der Waals surface area (Å²) in [5.74, 6) is -0.991. The Hall–Kier alpha value is -2.17. The maximum atomic E-state index is 13.9. The maximum absolute atomic E-state index is 13.9. The third-order valence-electron chi connectivity index (χ3n) is 6.73. The number of carbonyl (C=O) groups excluding carboxylic acids is 2. The van der Waals surface area contributed by atoms with E-state index >= 15 is 0 Å². The molecule has 0 aliphatic carbocycles. The molecule has 0 radical (unpaired) electrons. The molecular formula is C23H31F3N4O3. The van der Waals surface area contributed by atoms with Gasteiger partial charge in [-0.2, -0.15) is 0 Å². The van der Waals surface area contributed by atoms with Gasteiger partial charge in [0.25, 0.3) is 0 Å². The first-order valence-electron chi connectivity index (χ1n) is 11.5. The van der Waals surface area contributed by atoms with Gasteiger partial charge in [0.2, 0.25) is 11.8 Å². The van der Waals surface area contributed by atoms with Gasteiger partial charge < -0.3 is 15.0 Å². The predicted molar refractivity (Wildman–Crippen MR) is 115 cm³/mol. The third-order valence-corrected chi connectivity index (χ3v) is 6.73. The first-order chi connectivity index (χ1) is 15.8. The Labute approximate surface area is 191 Å². The van der Waals surface area contributed by atoms with Crippen molar-refractivity contribution in [2.45, 2.75) is 63.3 Å². The van der Waals surface area contributed by atoms with Crippen LogP contribution in [0.2, 0.25) is 0 Å². The van der Waals surface area contributed by atoms with Crippen molar-refractivity contribution >= 4 is 11.8 Å². The molecule has 7 nitrogen and oxygen atoms in total.